The number of rotatable bonds is 7. The SMILES string of the molecule is [2H][C@](Nc1cc(Cl)c2ncc(C#N)c(NC3CCCC4CC43)c2c1)(c1ccc(F)cc1)c1cn(C2CC2)nn1. The summed E-state index contributed by atoms with van der Waals surface area (Å²) in [6.07, 6.45) is 10.2. The van der Waals surface area contributed by atoms with E-state index in [4.69, 9.17) is 11.6 Å². The molecule has 192 valence electrons. The van der Waals surface area contributed by atoms with Gasteiger partial charge >= 0.3 is 0 Å². The van der Waals surface area contributed by atoms with Crippen LogP contribution in [0.15, 0.2) is 48.8 Å². The van der Waals surface area contributed by atoms with E-state index in [-0.39, 0.29) is 5.82 Å². The van der Waals surface area contributed by atoms with E-state index in [1.807, 2.05) is 6.07 Å². The maximum atomic E-state index is 13.8. The lowest BCUT2D eigenvalue weighted by atomic mass is 9.94. The van der Waals surface area contributed by atoms with Gasteiger partial charge in [0.1, 0.15) is 17.6 Å². The Balaban J connectivity index is 1.31. The van der Waals surface area contributed by atoms with Gasteiger partial charge in [0.15, 0.2) is 0 Å². The fraction of sp³-hybridized carbons (Fsp3) is 0.379. The van der Waals surface area contributed by atoms with Gasteiger partial charge in [0, 0.05) is 23.3 Å². The number of pyridine rings is 1. The lowest BCUT2D eigenvalue weighted by Crippen LogP contribution is -2.26. The van der Waals surface area contributed by atoms with Crippen LogP contribution in [0.2, 0.25) is 5.02 Å². The largest absolute Gasteiger partial charge is 0.380 e. The molecule has 2 heterocycles. The third-order valence-electron chi connectivity index (χ3n) is 8.05. The third kappa shape index (κ3) is 4.35. The van der Waals surface area contributed by atoms with Crippen molar-refractivity contribution in [2.24, 2.45) is 11.8 Å². The van der Waals surface area contributed by atoms with E-state index >= 15 is 0 Å². The average molecular weight is 529 g/mol. The number of nitriles is 1. The van der Waals surface area contributed by atoms with Crippen molar-refractivity contribution in [1.29, 1.82) is 5.26 Å². The van der Waals surface area contributed by atoms with Crippen LogP contribution in [0.3, 0.4) is 0 Å². The molecule has 2 aromatic heterocycles. The van der Waals surface area contributed by atoms with Gasteiger partial charge in [-0.05, 0) is 67.3 Å². The fourth-order valence-electron chi connectivity index (χ4n) is 5.80. The molecule has 0 aliphatic heterocycles. The second-order valence-corrected chi connectivity index (χ2v) is 11.1. The first-order valence-corrected chi connectivity index (χ1v) is 13.6. The summed E-state index contributed by atoms with van der Waals surface area (Å²) in [6.45, 7) is 0. The quantitative estimate of drug-likeness (QED) is 0.280. The van der Waals surface area contributed by atoms with Gasteiger partial charge in [0.05, 0.1) is 41.4 Å². The molecule has 7 rings (SSSR count). The first-order valence-electron chi connectivity index (χ1n) is 13.7. The molecular weight excluding hydrogens is 501 g/mol. The van der Waals surface area contributed by atoms with Crippen LogP contribution in [0.1, 0.15) is 68.8 Å². The van der Waals surface area contributed by atoms with Gasteiger partial charge in [-0.15, -0.1) is 5.10 Å². The molecule has 3 unspecified atom stereocenters. The average Bonchev–Trinajstić information content (AvgIpc) is 3.87. The molecule has 3 fully saturated rings. The molecular formula is C29H27ClFN7. The summed E-state index contributed by atoms with van der Waals surface area (Å²) in [6, 6.07) is 10.7. The Morgan fingerprint density at radius 3 is 2.82 bits per heavy atom. The Hall–Kier alpha value is -3.70. The maximum Gasteiger partial charge on any atom is 0.123 e. The molecule has 7 nitrogen and oxygen atoms in total. The van der Waals surface area contributed by atoms with E-state index in [1.165, 1.54) is 31.4 Å². The third-order valence-corrected chi connectivity index (χ3v) is 8.34. The predicted octanol–water partition coefficient (Wildman–Crippen LogP) is 6.63. The molecule has 0 amide bonds. The van der Waals surface area contributed by atoms with Crippen LogP contribution in [0.4, 0.5) is 15.8 Å². The Labute approximate surface area is 226 Å². The van der Waals surface area contributed by atoms with Crippen molar-refractivity contribution in [2.75, 3.05) is 10.6 Å². The summed E-state index contributed by atoms with van der Waals surface area (Å²) in [5.41, 5.74) is 3.22. The smallest absolute Gasteiger partial charge is 0.123 e. The fourth-order valence-corrected chi connectivity index (χ4v) is 6.07. The molecule has 4 atom stereocenters. The van der Waals surface area contributed by atoms with Crippen LogP contribution >= 0.6 is 11.6 Å². The molecule has 3 aliphatic rings. The van der Waals surface area contributed by atoms with Crippen molar-refractivity contribution >= 4 is 33.9 Å². The predicted molar refractivity (Wildman–Crippen MR) is 144 cm³/mol. The van der Waals surface area contributed by atoms with Crippen molar-refractivity contribution < 1.29 is 5.76 Å². The lowest BCUT2D eigenvalue weighted by molar-refractivity contribution is 0.440. The molecule has 0 saturated heterocycles. The Bertz CT molecular complexity index is 1610. The number of benzene rings is 2. The summed E-state index contributed by atoms with van der Waals surface area (Å²) in [5, 5.41) is 26.6. The summed E-state index contributed by atoms with van der Waals surface area (Å²) in [4.78, 5) is 4.49. The van der Waals surface area contributed by atoms with Gasteiger partial charge in [0.2, 0.25) is 0 Å². The highest BCUT2D eigenvalue weighted by atomic mass is 35.5. The van der Waals surface area contributed by atoms with Crippen LogP contribution < -0.4 is 10.6 Å². The second kappa shape index (κ2) is 9.25. The van der Waals surface area contributed by atoms with E-state index in [0.717, 1.165) is 36.3 Å². The van der Waals surface area contributed by atoms with Crippen LogP contribution in [0.25, 0.3) is 10.9 Å². The van der Waals surface area contributed by atoms with Gasteiger partial charge in [-0.3, -0.25) is 4.98 Å². The number of fused-ring (bicyclic) bond motifs is 2. The summed E-state index contributed by atoms with van der Waals surface area (Å²) < 4.78 is 25.2. The summed E-state index contributed by atoms with van der Waals surface area (Å²) in [7, 11) is 0. The number of hydrogen-bond donors (Lipinski definition) is 2. The highest BCUT2D eigenvalue weighted by Crippen LogP contribution is 2.51. The molecule has 2 aromatic carbocycles. The molecule has 0 radical (unpaired) electrons. The maximum absolute atomic E-state index is 13.8. The molecule has 0 spiro atoms. The number of anilines is 2. The monoisotopic (exact) mass is 528 g/mol. The number of halogens is 2. The lowest BCUT2D eigenvalue weighted by Gasteiger charge is -2.25. The number of nitrogens with one attached hydrogen (secondary N) is 2. The Kier molecular flexibility index (Phi) is 5.43. The van der Waals surface area contributed by atoms with Crippen LogP contribution in [0, 0.1) is 29.0 Å². The minimum atomic E-state index is -1.57. The van der Waals surface area contributed by atoms with E-state index in [0.29, 0.717) is 51.0 Å². The molecule has 2 N–H and O–H groups in total. The van der Waals surface area contributed by atoms with Crippen LogP contribution in [-0.4, -0.2) is 26.0 Å². The zero-order chi connectivity index (χ0) is 26.7. The minimum Gasteiger partial charge on any atom is -0.380 e. The van der Waals surface area contributed by atoms with Gasteiger partial charge in [0.25, 0.3) is 0 Å². The normalized spacial score (nSPS) is 24.1. The van der Waals surface area contributed by atoms with E-state index in [9.17, 15) is 11.0 Å². The Morgan fingerprint density at radius 1 is 1.18 bits per heavy atom. The molecule has 9 heteroatoms. The van der Waals surface area contributed by atoms with E-state index in [1.54, 1.807) is 35.3 Å². The van der Waals surface area contributed by atoms with Gasteiger partial charge in [-0.2, -0.15) is 5.26 Å². The first kappa shape index (κ1) is 22.3. The van der Waals surface area contributed by atoms with Crippen molar-refractivity contribution in [3.63, 3.8) is 0 Å². The molecule has 0 bridgehead atoms. The summed E-state index contributed by atoms with van der Waals surface area (Å²) >= 11 is 6.75. The Morgan fingerprint density at radius 2 is 2.03 bits per heavy atom. The first-order chi connectivity index (χ1) is 18.9. The highest BCUT2D eigenvalue weighted by Gasteiger charge is 2.45. The zero-order valence-corrected chi connectivity index (χ0v) is 21.4. The van der Waals surface area contributed by atoms with Crippen LogP contribution in [0.5, 0.6) is 0 Å². The molecule has 3 aliphatic carbocycles. The van der Waals surface area contributed by atoms with Crippen molar-refractivity contribution in [1.82, 2.24) is 20.0 Å². The topological polar surface area (TPSA) is 91.5 Å². The van der Waals surface area contributed by atoms with Crippen molar-refractivity contribution in [3.8, 4) is 6.07 Å². The minimum absolute atomic E-state index is 0.300. The van der Waals surface area contributed by atoms with Gasteiger partial charge in [-0.25, -0.2) is 9.07 Å². The van der Waals surface area contributed by atoms with Crippen molar-refractivity contribution in [3.05, 3.63) is 76.5 Å². The molecule has 3 saturated carbocycles. The number of aromatic nitrogens is 4. The second-order valence-electron chi connectivity index (χ2n) is 10.7. The summed E-state index contributed by atoms with van der Waals surface area (Å²) in [5.74, 6) is 1.03. The number of nitrogens with zero attached hydrogens (tertiary/aromatic N) is 5. The molecule has 38 heavy (non-hydrogen) atoms. The zero-order valence-electron chi connectivity index (χ0n) is 21.7. The van der Waals surface area contributed by atoms with Gasteiger partial charge in [-0.1, -0.05) is 41.8 Å². The van der Waals surface area contributed by atoms with Crippen LogP contribution in [-0.2, 0) is 0 Å². The van der Waals surface area contributed by atoms with Crippen molar-refractivity contribution in [2.45, 2.75) is 56.6 Å². The highest BCUT2D eigenvalue weighted by molar-refractivity contribution is 6.35. The van der Waals surface area contributed by atoms with E-state index in [2.05, 4.69) is 32.0 Å². The number of hydrogen-bond acceptors (Lipinski definition) is 6. The van der Waals surface area contributed by atoms with Gasteiger partial charge < -0.3 is 10.6 Å². The molecule has 4 aromatic rings. The van der Waals surface area contributed by atoms with E-state index < -0.39 is 6.02 Å². The standard InChI is InChI=1S/C29H27ClFN7/c30-24-12-20(34-28(16-4-6-19(31)7-5-16)26-15-38(37-36-26)21-8-9-21)11-23-27(18(13-32)14-33-29(23)24)35-25-3-1-2-17-10-22(17)25/h4-7,11-12,14-15,17,21-22,25,28,34H,1-3,8-10H2,(H,33,35)/t17?,22?,25?,28-/m0/s1/i28D.